The fourth-order valence-electron chi connectivity index (χ4n) is 8.10. The molecule has 0 aliphatic carbocycles. The molecule has 0 aromatic heterocycles. The second kappa shape index (κ2) is 54.0. The largest absolute Gasteiger partial charge is 0.472 e. The first-order chi connectivity index (χ1) is 35.5. The van der Waals surface area contributed by atoms with Gasteiger partial charge in [0.2, 0.25) is 5.91 Å². The molecule has 1 amide bonds. The van der Waals surface area contributed by atoms with Crippen LogP contribution in [0.15, 0.2) is 109 Å². The van der Waals surface area contributed by atoms with Gasteiger partial charge in [0.15, 0.2) is 0 Å². The summed E-state index contributed by atoms with van der Waals surface area (Å²) < 4.78 is 23.7. The van der Waals surface area contributed by atoms with Crippen LogP contribution in [-0.2, 0) is 18.4 Å². The van der Waals surface area contributed by atoms with Gasteiger partial charge in [0, 0.05) is 6.42 Å². The Bertz CT molecular complexity index is 1550. The number of allylic oxidation sites excluding steroid dienone is 17. The number of hydrogen-bond donors (Lipinski definition) is 3. The molecule has 9 heteroatoms. The Morgan fingerprint density at radius 1 is 0.479 bits per heavy atom. The number of aliphatic hydroxyl groups is 1. The summed E-state index contributed by atoms with van der Waals surface area (Å²) >= 11 is 0. The zero-order valence-corrected chi connectivity index (χ0v) is 48.7. The van der Waals surface area contributed by atoms with Crippen molar-refractivity contribution in [2.24, 2.45) is 0 Å². The third kappa shape index (κ3) is 56.7. The van der Waals surface area contributed by atoms with E-state index in [4.69, 9.17) is 9.05 Å². The van der Waals surface area contributed by atoms with Crippen LogP contribution in [0.4, 0.5) is 0 Å². The van der Waals surface area contributed by atoms with Crippen molar-refractivity contribution in [3.8, 4) is 0 Å². The van der Waals surface area contributed by atoms with Gasteiger partial charge in [-0.2, -0.15) is 0 Å². The first kappa shape index (κ1) is 70.2. The minimum absolute atomic E-state index is 0.0432. The molecule has 73 heavy (non-hydrogen) atoms. The lowest BCUT2D eigenvalue weighted by Gasteiger charge is -2.25. The smallest absolute Gasteiger partial charge is 0.387 e. The number of nitrogens with zero attached hydrogens (tertiary/aromatic N) is 1. The van der Waals surface area contributed by atoms with Crippen LogP contribution >= 0.6 is 7.82 Å². The van der Waals surface area contributed by atoms with Crippen LogP contribution in [0.5, 0.6) is 0 Å². The highest BCUT2D eigenvalue weighted by atomic mass is 31.2. The van der Waals surface area contributed by atoms with Crippen LogP contribution in [0, 0.1) is 0 Å². The summed E-state index contributed by atoms with van der Waals surface area (Å²) in [5.74, 6) is -0.221. The number of amides is 1. The molecule has 0 saturated carbocycles. The second-order valence-corrected chi connectivity index (χ2v) is 22.4. The standard InChI is InChI=1S/C64H113N2O6P/c1-6-8-10-12-14-16-18-20-22-24-26-28-30-32-34-35-37-39-41-43-45-47-49-51-53-55-57-63(67)62(61-72-73(69,70)71-60-59-66(3,4)5)65-64(68)58-56-54-52-50-48-46-44-42-40-38-36-33-31-29-27-25-23-21-19-17-15-13-11-9-7-2/h9,11,15,17,21,23,27,29,33,36,40,42,46-49,55,57,62-63,67H,6-8,10,12-14,16,18-20,22,24-26,28,30-32,34-35,37-39,41,43-45,50-54,56,58-61H2,1-5H3,(H-,65,68,69,70)/p+1/b11-9-,17-15-,23-21-,29-27-,36-33-,42-40-,48-46-,49-47+,57-55+. The van der Waals surface area contributed by atoms with Crippen molar-refractivity contribution in [3.05, 3.63) is 109 Å². The summed E-state index contributed by atoms with van der Waals surface area (Å²) in [6.45, 7) is 4.66. The Morgan fingerprint density at radius 2 is 0.836 bits per heavy atom. The number of likely N-dealkylation sites (N-methyl/N-ethyl adjacent to an activating group) is 1. The lowest BCUT2D eigenvalue weighted by molar-refractivity contribution is -0.870. The molecule has 0 rings (SSSR count). The molecule has 0 aromatic rings. The monoisotopic (exact) mass is 1040 g/mol. The summed E-state index contributed by atoms with van der Waals surface area (Å²) in [6, 6.07) is -0.891. The lowest BCUT2D eigenvalue weighted by atomic mass is 10.0. The van der Waals surface area contributed by atoms with Crippen molar-refractivity contribution in [1.82, 2.24) is 5.32 Å². The van der Waals surface area contributed by atoms with Crippen molar-refractivity contribution in [2.75, 3.05) is 40.9 Å². The van der Waals surface area contributed by atoms with Crippen LogP contribution in [0.1, 0.15) is 239 Å². The molecule has 0 bridgehead atoms. The number of unbranched alkanes of at least 4 members (excludes halogenated alkanes) is 24. The number of phosphoric acid groups is 1. The van der Waals surface area contributed by atoms with Crippen LogP contribution < -0.4 is 5.32 Å². The van der Waals surface area contributed by atoms with Crippen LogP contribution in [-0.4, -0.2) is 73.4 Å². The predicted molar refractivity (Wildman–Crippen MR) is 318 cm³/mol. The van der Waals surface area contributed by atoms with Gasteiger partial charge in [-0.25, -0.2) is 4.57 Å². The van der Waals surface area contributed by atoms with Crippen molar-refractivity contribution in [3.63, 3.8) is 0 Å². The number of phosphoric ester groups is 1. The number of aliphatic hydroxyl groups excluding tert-OH is 1. The molecule has 0 saturated heterocycles. The highest BCUT2D eigenvalue weighted by Crippen LogP contribution is 2.43. The second-order valence-electron chi connectivity index (χ2n) is 21.0. The van der Waals surface area contributed by atoms with E-state index < -0.39 is 20.0 Å². The van der Waals surface area contributed by atoms with Crippen LogP contribution in [0.25, 0.3) is 0 Å². The minimum atomic E-state index is -4.38. The molecule has 0 aliphatic rings. The molecule has 3 unspecified atom stereocenters. The first-order valence-corrected chi connectivity index (χ1v) is 31.3. The Labute approximate surface area is 451 Å². The van der Waals surface area contributed by atoms with Crippen molar-refractivity contribution in [2.45, 2.75) is 251 Å². The highest BCUT2D eigenvalue weighted by Gasteiger charge is 2.27. The molecule has 8 nitrogen and oxygen atoms in total. The molecule has 0 aromatic carbocycles. The molecule has 0 fully saturated rings. The molecule has 0 radical (unpaired) electrons. The number of quaternary nitrogens is 1. The maximum absolute atomic E-state index is 13.0. The van der Waals surface area contributed by atoms with Crippen LogP contribution in [0.2, 0.25) is 0 Å². The molecule has 0 heterocycles. The van der Waals surface area contributed by atoms with E-state index in [2.05, 4.69) is 116 Å². The summed E-state index contributed by atoms with van der Waals surface area (Å²) in [5.41, 5.74) is 0. The zero-order chi connectivity index (χ0) is 53.5. The Balaban J connectivity index is 4.35. The summed E-state index contributed by atoms with van der Waals surface area (Å²) in [4.78, 5) is 23.3. The van der Waals surface area contributed by atoms with E-state index in [0.717, 1.165) is 83.5 Å². The van der Waals surface area contributed by atoms with Gasteiger partial charge in [-0.15, -0.1) is 0 Å². The summed E-state index contributed by atoms with van der Waals surface area (Å²) in [6.07, 6.45) is 79.2. The molecule has 3 atom stereocenters. The number of hydrogen-bond acceptors (Lipinski definition) is 5. The van der Waals surface area contributed by atoms with Gasteiger partial charge in [-0.3, -0.25) is 13.8 Å². The quantitative estimate of drug-likeness (QED) is 0.0243. The minimum Gasteiger partial charge on any atom is -0.387 e. The van der Waals surface area contributed by atoms with Gasteiger partial charge in [-0.1, -0.05) is 252 Å². The number of carbonyl (C=O) groups excluding carboxylic acids is 1. The van der Waals surface area contributed by atoms with E-state index in [9.17, 15) is 19.4 Å². The summed E-state index contributed by atoms with van der Waals surface area (Å²) in [5, 5.41) is 13.9. The molecular formula is C64H114N2O6P+. The van der Waals surface area contributed by atoms with Crippen LogP contribution in [0.3, 0.4) is 0 Å². The number of nitrogens with one attached hydrogen (secondary N) is 1. The van der Waals surface area contributed by atoms with E-state index in [1.54, 1.807) is 6.08 Å². The molecule has 0 aliphatic heterocycles. The highest BCUT2D eigenvalue weighted by molar-refractivity contribution is 7.47. The van der Waals surface area contributed by atoms with E-state index >= 15 is 0 Å². The van der Waals surface area contributed by atoms with Crippen molar-refractivity contribution in [1.29, 1.82) is 0 Å². The van der Waals surface area contributed by atoms with Gasteiger partial charge in [0.05, 0.1) is 39.9 Å². The molecule has 3 N–H and O–H groups in total. The van der Waals surface area contributed by atoms with E-state index in [-0.39, 0.29) is 19.1 Å². The fourth-order valence-corrected chi connectivity index (χ4v) is 8.83. The van der Waals surface area contributed by atoms with Crippen molar-refractivity contribution >= 4 is 13.7 Å². The molecular weight excluding hydrogens is 924 g/mol. The Kier molecular flexibility index (Phi) is 51.9. The third-order valence-electron chi connectivity index (χ3n) is 12.7. The first-order valence-electron chi connectivity index (χ1n) is 29.8. The Hall–Kier alpha value is -2.84. The SMILES string of the molecule is CC/C=C\C/C=C\C/C=C\C/C=C\C/C=C\C/C=C\C/C=C\CCCCCC(=O)NC(COP(=O)(O)OCC[N+](C)(C)C)C(O)/C=C/CC/C=C/CCCCCCCCCCCCCCCCCCCCCC. The number of carbonyl (C=O) groups is 1. The predicted octanol–water partition coefficient (Wildman–Crippen LogP) is 18.4. The van der Waals surface area contributed by atoms with Gasteiger partial charge < -0.3 is 19.8 Å². The third-order valence-corrected chi connectivity index (χ3v) is 13.7. The zero-order valence-electron chi connectivity index (χ0n) is 47.8. The van der Waals surface area contributed by atoms with Crippen molar-refractivity contribution < 1.29 is 32.9 Å². The Morgan fingerprint density at radius 3 is 1.26 bits per heavy atom. The van der Waals surface area contributed by atoms with E-state index in [1.165, 1.54) is 128 Å². The average molecular weight is 1040 g/mol. The fraction of sp³-hybridized carbons (Fsp3) is 0.703. The van der Waals surface area contributed by atoms with Gasteiger partial charge in [0.1, 0.15) is 13.2 Å². The van der Waals surface area contributed by atoms with E-state index in [1.807, 2.05) is 27.2 Å². The van der Waals surface area contributed by atoms with Gasteiger partial charge in [0.25, 0.3) is 0 Å². The van der Waals surface area contributed by atoms with Gasteiger partial charge in [-0.05, 0) is 89.9 Å². The maximum Gasteiger partial charge on any atom is 0.472 e. The maximum atomic E-state index is 13.0. The lowest BCUT2D eigenvalue weighted by Crippen LogP contribution is -2.45. The van der Waals surface area contributed by atoms with E-state index in [0.29, 0.717) is 23.9 Å². The molecule has 0 spiro atoms. The van der Waals surface area contributed by atoms with Gasteiger partial charge >= 0.3 is 7.82 Å². The summed E-state index contributed by atoms with van der Waals surface area (Å²) in [7, 11) is 1.52. The number of rotatable bonds is 53. The normalized spacial score (nSPS) is 14.7. The average Bonchev–Trinajstić information content (AvgIpc) is 3.35. The topological polar surface area (TPSA) is 105 Å². The molecule has 420 valence electrons.